The standard InChI is InChI=1S/C18H25N3O2/c1-2-8-20(9-3-1)11-13-22-15-5-10-21(14-15)18-16-6-12-23-17(16)4-7-19-18/h4,6-7,12,15H,1-3,5,8-11,13-14H2/t15-/m0/s1. The van der Waals surface area contributed by atoms with Crippen LogP contribution in [0, 0.1) is 0 Å². The Bertz CT molecular complexity index is 636. The van der Waals surface area contributed by atoms with E-state index in [2.05, 4.69) is 14.8 Å². The molecule has 4 heterocycles. The third-order valence-corrected chi connectivity index (χ3v) is 5.01. The Balaban J connectivity index is 1.30. The van der Waals surface area contributed by atoms with Gasteiger partial charge >= 0.3 is 0 Å². The van der Waals surface area contributed by atoms with Gasteiger partial charge in [0.15, 0.2) is 0 Å². The molecule has 2 aromatic rings. The highest BCUT2D eigenvalue weighted by atomic mass is 16.5. The van der Waals surface area contributed by atoms with Crippen LogP contribution >= 0.6 is 0 Å². The van der Waals surface area contributed by atoms with E-state index >= 15 is 0 Å². The summed E-state index contributed by atoms with van der Waals surface area (Å²) in [7, 11) is 0. The molecule has 0 aromatic carbocycles. The second-order valence-corrected chi connectivity index (χ2v) is 6.60. The summed E-state index contributed by atoms with van der Waals surface area (Å²) in [6.07, 6.45) is 9.04. The Labute approximate surface area is 137 Å². The molecule has 0 unspecified atom stereocenters. The van der Waals surface area contributed by atoms with Crippen molar-refractivity contribution in [1.29, 1.82) is 0 Å². The summed E-state index contributed by atoms with van der Waals surface area (Å²) in [5.41, 5.74) is 0.907. The van der Waals surface area contributed by atoms with Gasteiger partial charge in [-0.3, -0.25) is 0 Å². The van der Waals surface area contributed by atoms with Gasteiger partial charge in [0.25, 0.3) is 0 Å². The quantitative estimate of drug-likeness (QED) is 0.848. The molecule has 0 bridgehead atoms. The minimum atomic E-state index is 0.323. The molecular weight excluding hydrogens is 290 g/mol. The van der Waals surface area contributed by atoms with Gasteiger partial charge in [-0.1, -0.05) is 6.42 Å². The second kappa shape index (κ2) is 6.89. The van der Waals surface area contributed by atoms with Gasteiger partial charge in [-0.15, -0.1) is 0 Å². The van der Waals surface area contributed by atoms with E-state index in [0.29, 0.717) is 6.10 Å². The number of hydrogen-bond donors (Lipinski definition) is 0. The third kappa shape index (κ3) is 3.35. The second-order valence-electron chi connectivity index (χ2n) is 6.60. The molecule has 0 amide bonds. The Morgan fingerprint density at radius 3 is 3.00 bits per heavy atom. The number of ether oxygens (including phenoxy) is 1. The molecule has 2 saturated heterocycles. The predicted molar refractivity (Wildman–Crippen MR) is 90.9 cm³/mol. The van der Waals surface area contributed by atoms with Crippen LogP contribution in [0.25, 0.3) is 11.0 Å². The molecule has 2 aromatic heterocycles. The Hall–Kier alpha value is -1.59. The van der Waals surface area contributed by atoms with Crippen LogP contribution in [-0.4, -0.2) is 55.3 Å². The van der Waals surface area contributed by atoms with Gasteiger partial charge in [-0.05, 0) is 44.5 Å². The van der Waals surface area contributed by atoms with E-state index in [-0.39, 0.29) is 0 Å². The minimum absolute atomic E-state index is 0.323. The molecule has 5 nitrogen and oxygen atoms in total. The lowest BCUT2D eigenvalue weighted by molar-refractivity contribution is 0.0467. The summed E-state index contributed by atoms with van der Waals surface area (Å²) in [6, 6.07) is 3.92. The number of likely N-dealkylation sites (tertiary alicyclic amines) is 1. The topological polar surface area (TPSA) is 41.7 Å². The Morgan fingerprint density at radius 2 is 2.09 bits per heavy atom. The number of hydrogen-bond acceptors (Lipinski definition) is 5. The van der Waals surface area contributed by atoms with Crippen LogP contribution < -0.4 is 4.90 Å². The van der Waals surface area contributed by atoms with Crippen molar-refractivity contribution >= 4 is 16.8 Å². The van der Waals surface area contributed by atoms with Crippen LogP contribution in [0.5, 0.6) is 0 Å². The summed E-state index contributed by atoms with van der Waals surface area (Å²) >= 11 is 0. The van der Waals surface area contributed by atoms with Gasteiger partial charge in [0, 0.05) is 25.8 Å². The lowest BCUT2D eigenvalue weighted by Gasteiger charge is -2.26. The van der Waals surface area contributed by atoms with Crippen molar-refractivity contribution in [1.82, 2.24) is 9.88 Å². The van der Waals surface area contributed by atoms with Crippen molar-refractivity contribution in [3.8, 4) is 0 Å². The van der Waals surface area contributed by atoms with Crippen LogP contribution in [0.2, 0.25) is 0 Å². The van der Waals surface area contributed by atoms with Crippen LogP contribution in [0.1, 0.15) is 25.7 Å². The van der Waals surface area contributed by atoms with Crippen LogP contribution in [0.3, 0.4) is 0 Å². The van der Waals surface area contributed by atoms with E-state index in [1.807, 2.05) is 18.3 Å². The SMILES string of the molecule is c1cc2occc2c(N2CC[C@H](OCCN3CCCCC3)C2)n1. The number of rotatable bonds is 5. The van der Waals surface area contributed by atoms with E-state index in [9.17, 15) is 0 Å². The molecule has 0 radical (unpaired) electrons. The molecule has 23 heavy (non-hydrogen) atoms. The highest BCUT2D eigenvalue weighted by molar-refractivity contribution is 5.88. The number of fused-ring (bicyclic) bond motifs is 1. The number of aromatic nitrogens is 1. The number of pyridine rings is 1. The van der Waals surface area contributed by atoms with Crippen molar-refractivity contribution in [3.05, 3.63) is 24.6 Å². The molecule has 4 rings (SSSR count). The van der Waals surface area contributed by atoms with E-state index in [0.717, 1.165) is 49.4 Å². The summed E-state index contributed by atoms with van der Waals surface area (Å²) < 4.78 is 11.6. The van der Waals surface area contributed by atoms with E-state index < -0.39 is 0 Å². The highest BCUT2D eigenvalue weighted by Gasteiger charge is 2.25. The fourth-order valence-corrected chi connectivity index (χ4v) is 3.72. The first-order chi connectivity index (χ1) is 11.4. The normalized spacial score (nSPS) is 23.0. The third-order valence-electron chi connectivity index (χ3n) is 5.01. The van der Waals surface area contributed by atoms with E-state index in [1.54, 1.807) is 6.26 Å². The van der Waals surface area contributed by atoms with Gasteiger partial charge in [0.05, 0.1) is 24.4 Å². The maximum absolute atomic E-state index is 6.12. The fourth-order valence-electron chi connectivity index (χ4n) is 3.72. The maximum Gasteiger partial charge on any atom is 0.139 e. The Kier molecular flexibility index (Phi) is 4.48. The van der Waals surface area contributed by atoms with Crippen molar-refractivity contribution in [2.24, 2.45) is 0 Å². The Morgan fingerprint density at radius 1 is 1.17 bits per heavy atom. The maximum atomic E-state index is 6.12. The zero-order valence-electron chi connectivity index (χ0n) is 13.6. The fraction of sp³-hybridized carbons (Fsp3) is 0.611. The number of furan rings is 1. The van der Waals surface area contributed by atoms with Crippen molar-refractivity contribution in [2.45, 2.75) is 31.8 Å². The lowest BCUT2D eigenvalue weighted by Crippen LogP contribution is -2.34. The first-order valence-corrected chi connectivity index (χ1v) is 8.81. The van der Waals surface area contributed by atoms with Crippen molar-refractivity contribution in [2.75, 3.05) is 44.2 Å². The summed E-state index contributed by atoms with van der Waals surface area (Å²) in [5.74, 6) is 1.03. The highest BCUT2D eigenvalue weighted by Crippen LogP contribution is 2.28. The predicted octanol–water partition coefficient (Wildman–Crippen LogP) is 2.91. The zero-order valence-corrected chi connectivity index (χ0v) is 13.6. The molecule has 0 aliphatic carbocycles. The molecule has 2 fully saturated rings. The average Bonchev–Trinajstić information content (AvgIpc) is 3.24. The van der Waals surface area contributed by atoms with Crippen LogP contribution in [-0.2, 0) is 4.74 Å². The molecule has 0 saturated carbocycles. The average molecular weight is 315 g/mol. The van der Waals surface area contributed by atoms with Gasteiger partial charge in [0.2, 0.25) is 0 Å². The molecule has 0 spiro atoms. The first kappa shape index (κ1) is 15.0. The van der Waals surface area contributed by atoms with Crippen LogP contribution in [0.4, 0.5) is 5.82 Å². The molecular formula is C18H25N3O2. The number of piperidine rings is 1. The summed E-state index contributed by atoms with van der Waals surface area (Å²) in [6.45, 7) is 6.34. The van der Waals surface area contributed by atoms with E-state index in [4.69, 9.17) is 9.15 Å². The monoisotopic (exact) mass is 315 g/mol. The first-order valence-electron chi connectivity index (χ1n) is 8.81. The largest absolute Gasteiger partial charge is 0.464 e. The molecule has 2 aliphatic heterocycles. The molecule has 124 valence electrons. The molecule has 2 aliphatic rings. The number of anilines is 1. The van der Waals surface area contributed by atoms with Crippen molar-refractivity contribution < 1.29 is 9.15 Å². The summed E-state index contributed by atoms with van der Waals surface area (Å²) in [5, 5.41) is 1.10. The van der Waals surface area contributed by atoms with Gasteiger partial charge in [0.1, 0.15) is 11.4 Å². The van der Waals surface area contributed by atoms with Gasteiger partial charge < -0.3 is 19.0 Å². The minimum Gasteiger partial charge on any atom is -0.464 e. The number of nitrogens with zero attached hydrogens (tertiary/aromatic N) is 3. The molecule has 1 atom stereocenters. The summed E-state index contributed by atoms with van der Waals surface area (Å²) in [4.78, 5) is 9.41. The lowest BCUT2D eigenvalue weighted by atomic mass is 10.1. The van der Waals surface area contributed by atoms with E-state index in [1.165, 1.54) is 32.4 Å². The molecule has 5 heteroatoms. The zero-order chi connectivity index (χ0) is 15.5. The van der Waals surface area contributed by atoms with Crippen molar-refractivity contribution in [3.63, 3.8) is 0 Å². The molecule has 0 N–H and O–H groups in total. The van der Waals surface area contributed by atoms with Crippen LogP contribution in [0.15, 0.2) is 29.0 Å². The smallest absolute Gasteiger partial charge is 0.139 e. The van der Waals surface area contributed by atoms with Gasteiger partial charge in [-0.2, -0.15) is 0 Å². The van der Waals surface area contributed by atoms with Gasteiger partial charge in [-0.25, -0.2) is 4.98 Å².